The van der Waals surface area contributed by atoms with Crippen LogP contribution < -0.4 is 9.64 Å². The lowest BCUT2D eigenvalue weighted by Gasteiger charge is -2.31. The highest BCUT2D eigenvalue weighted by Gasteiger charge is 2.26. The number of anilines is 1. The van der Waals surface area contributed by atoms with Crippen LogP contribution in [0.2, 0.25) is 0 Å². The largest absolute Gasteiger partial charge is 0.493 e. The minimum absolute atomic E-state index is 0.111. The molecule has 0 radical (unpaired) electrons. The summed E-state index contributed by atoms with van der Waals surface area (Å²) < 4.78 is 13.6. The van der Waals surface area contributed by atoms with Crippen molar-refractivity contribution in [2.45, 2.75) is 56.8 Å². The molecule has 31 heavy (non-hydrogen) atoms. The quantitative estimate of drug-likeness (QED) is 0.479. The Bertz CT molecular complexity index is 933. The molecule has 0 N–H and O–H groups in total. The van der Waals surface area contributed by atoms with Crippen molar-refractivity contribution in [3.8, 4) is 5.75 Å². The maximum absolute atomic E-state index is 12.9. The lowest BCUT2D eigenvalue weighted by Crippen LogP contribution is -2.35. The molecule has 166 valence electrons. The van der Waals surface area contributed by atoms with Gasteiger partial charge in [0.1, 0.15) is 5.75 Å². The predicted molar refractivity (Wildman–Crippen MR) is 120 cm³/mol. The molecule has 1 unspecified atom stereocenters. The second-order valence-electron chi connectivity index (χ2n) is 8.83. The van der Waals surface area contributed by atoms with Crippen LogP contribution in [0.25, 0.3) is 0 Å². The number of rotatable bonds is 7. The Labute approximate surface area is 187 Å². The minimum atomic E-state index is 0.111. The lowest BCUT2D eigenvalue weighted by molar-refractivity contribution is 0.0951. The van der Waals surface area contributed by atoms with Crippen molar-refractivity contribution in [1.29, 1.82) is 0 Å². The fraction of sp³-hybridized carbons (Fsp3) is 0.609. The second kappa shape index (κ2) is 9.20. The third-order valence-corrected chi connectivity index (χ3v) is 7.48. The topological polar surface area (TPSA) is 69.5 Å². The Hall–Kier alpha value is -2.06. The number of carbonyl (C=O) groups is 1. The Morgan fingerprint density at radius 3 is 2.87 bits per heavy atom. The highest BCUT2D eigenvalue weighted by atomic mass is 32.2. The minimum Gasteiger partial charge on any atom is -0.493 e. The summed E-state index contributed by atoms with van der Waals surface area (Å²) in [6.07, 6.45) is 5.59. The number of hydrogen-bond donors (Lipinski definition) is 0. The van der Waals surface area contributed by atoms with Gasteiger partial charge in [0.15, 0.2) is 10.9 Å². The summed E-state index contributed by atoms with van der Waals surface area (Å²) in [5.41, 5.74) is 1.87. The van der Waals surface area contributed by atoms with Crippen molar-refractivity contribution in [3.63, 3.8) is 0 Å². The molecule has 3 aliphatic heterocycles. The van der Waals surface area contributed by atoms with Gasteiger partial charge in [0.2, 0.25) is 5.95 Å². The molecule has 8 heteroatoms. The van der Waals surface area contributed by atoms with E-state index in [0.29, 0.717) is 12.4 Å². The summed E-state index contributed by atoms with van der Waals surface area (Å²) in [5, 5.41) is 9.83. The molecule has 2 aromatic rings. The van der Waals surface area contributed by atoms with Crippen molar-refractivity contribution >= 4 is 23.5 Å². The van der Waals surface area contributed by atoms with Crippen molar-refractivity contribution in [3.05, 3.63) is 29.3 Å². The Kier molecular flexibility index (Phi) is 6.18. The van der Waals surface area contributed by atoms with Gasteiger partial charge >= 0.3 is 0 Å². The Morgan fingerprint density at radius 1 is 1.19 bits per heavy atom. The van der Waals surface area contributed by atoms with E-state index in [1.54, 1.807) is 0 Å². The lowest BCUT2D eigenvalue weighted by atomic mass is 10.00. The van der Waals surface area contributed by atoms with Crippen LogP contribution in [0.4, 0.5) is 5.95 Å². The van der Waals surface area contributed by atoms with Crippen LogP contribution in [0.15, 0.2) is 23.4 Å². The fourth-order valence-electron chi connectivity index (χ4n) is 4.56. The number of Topliss-reactive ketones (excluding diaryl/α,β-unsaturated/α-hetero) is 1. The molecule has 2 saturated heterocycles. The molecule has 1 aromatic heterocycles. The van der Waals surface area contributed by atoms with E-state index < -0.39 is 0 Å². The van der Waals surface area contributed by atoms with Crippen LogP contribution in [-0.4, -0.2) is 58.7 Å². The summed E-state index contributed by atoms with van der Waals surface area (Å²) in [4.78, 5) is 15.2. The van der Waals surface area contributed by atoms with E-state index in [-0.39, 0.29) is 11.9 Å². The monoisotopic (exact) mass is 442 g/mol. The summed E-state index contributed by atoms with van der Waals surface area (Å²) in [7, 11) is 0. The first-order valence-electron chi connectivity index (χ1n) is 11.4. The van der Waals surface area contributed by atoms with Crippen LogP contribution in [-0.2, 0) is 17.7 Å². The molecule has 0 bridgehead atoms. The van der Waals surface area contributed by atoms with E-state index in [1.807, 2.05) is 18.2 Å². The van der Waals surface area contributed by atoms with E-state index in [0.717, 1.165) is 79.4 Å². The summed E-state index contributed by atoms with van der Waals surface area (Å²) >= 11 is 1.48. The first-order valence-corrected chi connectivity index (χ1v) is 12.4. The standard InChI is InChI=1S/C23H30N4O3S/c1-16-6-9-26(10-7-16)22-24-25-23(27(22)14-19-3-2-11-29-19)31-15-20(28)17-4-5-21-18(13-17)8-12-30-21/h4-5,13,16,19H,2-3,6-12,14-15H2,1H3. The zero-order valence-corrected chi connectivity index (χ0v) is 18.9. The van der Waals surface area contributed by atoms with Gasteiger partial charge in [0.25, 0.3) is 0 Å². The van der Waals surface area contributed by atoms with Gasteiger partial charge in [-0.3, -0.25) is 9.36 Å². The molecule has 0 aliphatic carbocycles. The van der Waals surface area contributed by atoms with Crippen LogP contribution in [0, 0.1) is 5.92 Å². The first kappa shape index (κ1) is 20.8. The molecule has 0 amide bonds. The normalized spacial score (nSPS) is 21.3. The van der Waals surface area contributed by atoms with E-state index in [2.05, 4.69) is 26.6 Å². The molecule has 3 aliphatic rings. The number of benzene rings is 1. The van der Waals surface area contributed by atoms with Crippen molar-refractivity contribution < 1.29 is 14.3 Å². The van der Waals surface area contributed by atoms with E-state index in [4.69, 9.17) is 9.47 Å². The molecule has 1 aromatic carbocycles. The number of piperidine rings is 1. The van der Waals surface area contributed by atoms with Gasteiger partial charge in [-0.2, -0.15) is 0 Å². The summed E-state index contributed by atoms with van der Waals surface area (Å²) in [6, 6.07) is 5.75. The van der Waals surface area contributed by atoms with E-state index in [9.17, 15) is 4.79 Å². The molecule has 4 heterocycles. The molecular weight excluding hydrogens is 412 g/mol. The van der Waals surface area contributed by atoms with E-state index >= 15 is 0 Å². The van der Waals surface area contributed by atoms with Gasteiger partial charge in [-0.1, -0.05) is 18.7 Å². The maximum atomic E-state index is 12.9. The number of ketones is 1. The summed E-state index contributed by atoms with van der Waals surface area (Å²) in [6.45, 7) is 6.60. The number of aromatic nitrogens is 3. The highest BCUT2D eigenvalue weighted by molar-refractivity contribution is 7.99. The fourth-order valence-corrected chi connectivity index (χ4v) is 5.39. The molecule has 0 spiro atoms. The number of fused-ring (bicyclic) bond motifs is 1. The zero-order chi connectivity index (χ0) is 21.2. The van der Waals surface area contributed by atoms with Crippen LogP contribution in [0.1, 0.15) is 48.5 Å². The van der Waals surface area contributed by atoms with Gasteiger partial charge in [0.05, 0.1) is 25.0 Å². The van der Waals surface area contributed by atoms with Gasteiger partial charge < -0.3 is 14.4 Å². The third-order valence-electron chi connectivity index (χ3n) is 6.52. The van der Waals surface area contributed by atoms with Crippen molar-refractivity contribution in [1.82, 2.24) is 14.8 Å². The van der Waals surface area contributed by atoms with E-state index in [1.165, 1.54) is 24.6 Å². The molecule has 2 fully saturated rings. The third kappa shape index (κ3) is 4.60. The SMILES string of the molecule is CC1CCN(c2nnc(SCC(=O)c3ccc4c(c3)CCO4)n2CC2CCCO2)CC1. The number of thioether (sulfide) groups is 1. The van der Waals surface area contributed by atoms with Crippen LogP contribution in [0.5, 0.6) is 5.75 Å². The molecular formula is C23H30N4O3S. The summed E-state index contributed by atoms with van der Waals surface area (Å²) in [5.74, 6) is 3.04. The predicted octanol–water partition coefficient (Wildman–Crippen LogP) is 3.60. The van der Waals surface area contributed by atoms with Crippen LogP contribution in [0.3, 0.4) is 0 Å². The molecule has 7 nitrogen and oxygen atoms in total. The van der Waals surface area contributed by atoms with Crippen molar-refractivity contribution in [2.24, 2.45) is 5.92 Å². The van der Waals surface area contributed by atoms with Crippen LogP contribution >= 0.6 is 11.8 Å². The van der Waals surface area contributed by atoms with Gasteiger partial charge in [-0.15, -0.1) is 10.2 Å². The molecule has 1 atom stereocenters. The van der Waals surface area contributed by atoms with Gasteiger partial charge in [-0.25, -0.2) is 0 Å². The molecule has 5 rings (SSSR count). The maximum Gasteiger partial charge on any atom is 0.228 e. The Balaban J connectivity index is 1.31. The average Bonchev–Trinajstić information content (AvgIpc) is 3.54. The van der Waals surface area contributed by atoms with Crippen molar-refractivity contribution in [2.75, 3.05) is 37.0 Å². The smallest absolute Gasteiger partial charge is 0.228 e. The molecule has 0 saturated carbocycles. The number of nitrogens with zero attached hydrogens (tertiary/aromatic N) is 4. The zero-order valence-electron chi connectivity index (χ0n) is 18.1. The number of ether oxygens (including phenoxy) is 2. The highest BCUT2D eigenvalue weighted by Crippen LogP contribution is 2.30. The van der Waals surface area contributed by atoms with Gasteiger partial charge in [0, 0.05) is 31.7 Å². The average molecular weight is 443 g/mol. The number of hydrogen-bond acceptors (Lipinski definition) is 7. The first-order chi connectivity index (χ1) is 15.2. The Morgan fingerprint density at radius 2 is 2.06 bits per heavy atom. The second-order valence-corrected chi connectivity index (χ2v) is 9.77. The van der Waals surface area contributed by atoms with Gasteiger partial charge in [-0.05, 0) is 55.4 Å². The number of carbonyl (C=O) groups excluding carboxylic acids is 1.